The Morgan fingerprint density at radius 2 is 0.536 bits per heavy atom. The second-order valence-corrected chi connectivity index (χ2v) is 5.48. The van der Waals surface area contributed by atoms with E-state index < -0.39 is 66.3 Å². The molecule has 0 fully saturated rings. The molecule has 0 aliphatic heterocycles. The van der Waals surface area contributed by atoms with Gasteiger partial charge in [-0.25, -0.2) is 0 Å². The van der Waals surface area contributed by atoms with E-state index in [2.05, 4.69) is 0 Å². The third-order valence-electron chi connectivity index (χ3n) is 2.49. The first-order valence-electron chi connectivity index (χ1n) is 5.47. The Kier molecular flexibility index (Phi) is 16.6. The van der Waals surface area contributed by atoms with Gasteiger partial charge in [-0.05, 0) is 0 Å². The molecule has 10 N–H and O–H groups in total. The molecular formula is C12H10Cl4O11Th. The fourth-order valence-corrected chi connectivity index (χ4v) is 1.95. The Hall–Kier alpha value is -0.795. The largest absolute Gasteiger partial charge is 0.503 e. The number of aliphatic hydroxyl groups excluding tert-OH is 4. The smallest absolute Gasteiger partial charge is 0.244 e. The standard InChI is InChI=1S/2C6H2Cl2O4.3H2O.Th/c2*7-1-3(9)5(11)2(8)6(12)4(1)10;;;;/h2*9,12H;3*1H2;. The Morgan fingerprint density at radius 1 is 0.429 bits per heavy atom. The van der Waals surface area contributed by atoms with Crippen LogP contribution in [0.3, 0.4) is 0 Å². The number of carbonyl (C=O) groups is 4. The summed E-state index contributed by atoms with van der Waals surface area (Å²) in [4.78, 5) is 43.2. The van der Waals surface area contributed by atoms with Gasteiger partial charge >= 0.3 is 0 Å². The van der Waals surface area contributed by atoms with Gasteiger partial charge in [0.1, 0.15) is 20.1 Å². The average Bonchev–Trinajstić information content (AvgIpc) is 2.58. The van der Waals surface area contributed by atoms with Crippen LogP contribution in [0.25, 0.3) is 0 Å². The number of aliphatic hydroxyl groups is 4. The van der Waals surface area contributed by atoms with E-state index in [0.717, 1.165) is 0 Å². The molecule has 2 aliphatic rings. The summed E-state index contributed by atoms with van der Waals surface area (Å²) in [7, 11) is 0. The van der Waals surface area contributed by atoms with Crippen LogP contribution in [0.1, 0.15) is 0 Å². The van der Waals surface area contributed by atoms with Crippen LogP contribution in [-0.4, -0.2) is 60.0 Å². The topological polar surface area (TPSA) is 244 Å². The van der Waals surface area contributed by atoms with Crippen LogP contribution < -0.4 is 0 Å². The minimum absolute atomic E-state index is 0. The van der Waals surface area contributed by atoms with E-state index in [1.807, 2.05) is 0 Å². The first-order valence-corrected chi connectivity index (χ1v) is 6.98. The average molecular weight is 704 g/mol. The van der Waals surface area contributed by atoms with E-state index in [9.17, 15) is 19.2 Å². The molecule has 16 heteroatoms. The molecule has 0 spiro atoms. The number of carbonyl (C=O) groups excluding carboxylic acids is 4. The van der Waals surface area contributed by atoms with Crippen molar-refractivity contribution >= 4 is 69.5 Å². The zero-order valence-electron chi connectivity index (χ0n) is 12.9. The van der Waals surface area contributed by atoms with Crippen molar-refractivity contribution in [2.45, 2.75) is 0 Å². The normalized spacial score (nSPS) is 16.4. The molecule has 0 radical (unpaired) electrons. The molecule has 0 aromatic rings. The predicted octanol–water partition coefficient (Wildman–Crippen LogP) is -0.164. The fraction of sp³-hybridized carbons (Fsp3) is 0. The van der Waals surface area contributed by atoms with Crippen LogP contribution in [0.15, 0.2) is 43.2 Å². The summed E-state index contributed by atoms with van der Waals surface area (Å²) >= 11 is 20.7. The summed E-state index contributed by atoms with van der Waals surface area (Å²) in [5.41, 5.74) is 0. The molecule has 0 atom stereocenters. The van der Waals surface area contributed by atoms with E-state index in [-0.39, 0.29) is 56.4 Å². The third-order valence-corrected chi connectivity index (χ3v) is 3.89. The molecule has 0 heterocycles. The molecular weight excluding hydrogens is 694 g/mol. The molecule has 0 aromatic heterocycles. The van der Waals surface area contributed by atoms with Crippen molar-refractivity contribution in [1.82, 2.24) is 0 Å². The molecule has 0 saturated heterocycles. The van der Waals surface area contributed by atoms with Crippen molar-refractivity contribution in [2.75, 3.05) is 0 Å². The summed E-state index contributed by atoms with van der Waals surface area (Å²) < 4.78 is 0. The van der Waals surface area contributed by atoms with Gasteiger partial charge in [0, 0.05) is 39.9 Å². The molecule has 28 heavy (non-hydrogen) atoms. The maximum atomic E-state index is 10.8. The predicted molar refractivity (Wildman–Crippen MR) is 92.9 cm³/mol. The number of halogens is 4. The molecule has 2 aliphatic carbocycles. The molecule has 2 rings (SSSR count). The van der Waals surface area contributed by atoms with Gasteiger partial charge in [0.25, 0.3) is 0 Å². The van der Waals surface area contributed by atoms with Crippen LogP contribution in [0.4, 0.5) is 0 Å². The van der Waals surface area contributed by atoms with Crippen LogP contribution in [-0.2, 0) is 19.2 Å². The van der Waals surface area contributed by atoms with Gasteiger partial charge in [0.05, 0.1) is 0 Å². The van der Waals surface area contributed by atoms with Crippen LogP contribution in [0, 0.1) is 39.9 Å². The first kappa shape index (κ1) is 34.7. The van der Waals surface area contributed by atoms with Crippen molar-refractivity contribution in [3.05, 3.63) is 43.2 Å². The molecule has 156 valence electrons. The second-order valence-electron chi connectivity index (χ2n) is 3.97. The van der Waals surface area contributed by atoms with Gasteiger partial charge in [0.2, 0.25) is 23.1 Å². The van der Waals surface area contributed by atoms with E-state index >= 15 is 0 Å². The van der Waals surface area contributed by atoms with Crippen LogP contribution in [0.5, 0.6) is 0 Å². The number of hydrogen-bond donors (Lipinski definition) is 4. The first-order chi connectivity index (χ1) is 10.9. The van der Waals surface area contributed by atoms with Crippen LogP contribution >= 0.6 is 46.4 Å². The molecule has 11 nitrogen and oxygen atoms in total. The van der Waals surface area contributed by atoms with Crippen molar-refractivity contribution in [3.8, 4) is 0 Å². The Labute approximate surface area is 207 Å². The summed E-state index contributed by atoms with van der Waals surface area (Å²) in [5.74, 6) is -7.99. The van der Waals surface area contributed by atoms with Gasteiger partial charge in [0.15, 0.2) is 23.0 Å². The monoisotopic (exact) mass is 702 g/mol. The Morgan fingerprint density at radius 3 is 0.643 bits per heavy atom. The molecule has 0 aromatic carbocycles. The summed E-state index contributed by atoms with van der Waals surface area (Å²) in [6.07, 6.45) is 0. The minimum Gasteiger partial charge on any atom is -0.503 e. The molecule has 0 amide bonds. The molecule has 0 bridgehead atoms. The minimum atomic E-state index is -1.06. The fourth-order valence-electron chi connectivity index (χ4n) is 1.24. The van der Waals surface area contributed by atoms with Crippen molar-refractivity contribution in [1.29, 1.82) is 0 Å². The molecule has 0 unspecified atom stereocenters. The van der Waals surface area contributed by atoms with E-state index in [1.165, 1.54) is 0 Å². The second kappa shape index (κ2) is 13.4. The zero-order chi connectivity index (χ0) is 18.9. The SMILES string of the molecule is O.O.O.O=C1C(O)=C(Cl)C(=O)C(O)=C1Cl.O=C1C(O)=C(Cl)C(=O)C(O)=C1Cl.[Th]. The van der Waals surface area contributed by atoms with E-state index in [0.29, 0.717) is 0 Å². The van der Waals surface area contributed by atoms with E-state index in [1.54, 1.807) is 0 Å². The zero-order valence-corrected chi connectivity index (χ0v) is 20.1. The molecule has 0 saturated carbocycles. The summed E-state index contributed by atoms with van der Waals surface area (Å²) in [6.45, 7) is 0. The summed E-state index contributed by atoms with van der Waals surface area (Å²) in [6, 6.07) is 0. The summed E-state index contributed by atoms with van der Waals surface area (Å²) in [5, 5.41) is 32.5. The van der Waals surface area contributed by atoms with Gasteiger partial charge in [-0.2, -0.15) is 0 Å². The van der Waals surface area contributed by atoms with Crippen molar-refractivity contribution in [2.24, 2.45) is 0 Å². The quantitative estimate of drug-likeness (QED) is 0.246. The number of hydrogen-bond acceptors (Lipinski definition) is 8. The maximum Gasteiger partial charge on any atom is 0.244 e. The number of rotatable bonds is 0. The van der Waals surface area contributed by atoms with E-state index in [4.69, 9.17) is 66.8 Å². The number of Topliss-reactive ketones (excluding diaryl/α,β-unsaturated/α-hetero) is 4. The maximum absolute atomic E-state index is 10.8. The number of allylic oxidation sites excluding steroid dienone is 4. The Balaban J connectivity index is -0.000000180. The van der Waals surface area contributed by atoms with Crippen molar-refractivity contribution in [3.63, 3.8) is 0 Å². The van der Waals surface area contributed by atoms with Gasteiger partial charge < -0.3 is 36.9 Å². The van der Waals surface area contributed by atoms with Gasteiger partial charge in [-0.15, -0.1) is 0 Å². The van der Waals surface area contributed by atoms with Crippen molar-refractivity contribution < 1.29 is 96.0 Å². The third kappa shape index (κ3) is 6.63. The van der Waals surface area contributed by atoms with Crippen LogP contribution in [0.2, 0.25) is 0 Å². The number of ketones is 4. The Bertz CT molecular complexity index is 633. The van der Waals surface area contributed by atoms with Gasteiger partial charge in [-0.1, -0.05) is 46.4 Å². The van der Waals surface area contributed by atoms with Gasteiger partial charge in [-0.3, -0.25) is 19.2 Å².